The van der Waals surface area contributed by atoms with Gasteiger partial charge in [0.05, 0.1) is 5.92 Å². The van der Waals surface area contributed by atoms with Crippen molar-refractivity contribution in [3.05, 3.63) is 35.4 Å². The molecule has 0 aromatic heterocycles. The third-order valence-corrected chi connectivity index (χ3v) is 4.72. The van der Waals surface area contributed by atoms with Gasteiger partial charge in [-0.1, -0.05) is 37.1 Å². The summed E-state index contributed by atoms with van der Waals surface area (Å²) < 4.78 is 0. The molecule has 0 amide bonds. The van der Waals surface area contributed by atoms with E-state index in [0.29, 0.717) is 0 Å². The molecule has 0 radical (unpaired) electrons. The van der Waals surface area contributed by atoms with Crippen LogP contribution in [0.5, 0.6) is 0 Å². The molecular weight excluding hydrogens is 212 g/mol. The fourth-order valence-corrected chi connectivity index (χ4v) is 3.97. The number of carbonyl (C=O) groups is 1. The minimum Gasteiger partial charge on any atom is -0.481 e. The molecule has 2 heteroatoms. The van der Waals surface area contributed by atoms with E-state index in [0.717, 1.165) is 25.7 Å². The van der Waals surface area contributed by atoms with Gasteiger partial charge in [-0.25, -0.2) is 0 Å². The van der Waals surface area contributed by atoms with Crippen molar-refractivity contribution in [2.75, 3.05) is 0 Å². The highest BCUT2D eigenvalue weighted by Gasteiger charge is 2.48. The van der Waals surface area contributed by atoms with Gasteiger partial charge in [0, 0.05) is 5.41 Å². The zero-order valence-electron chi connectivity index (χ0n) is 9.98. The molecule has 1 aromatic carbocycles. The van der Waals surface area contributed by atoms with Crippen LogP contribution in [0.15, 0.2) is 24.3 Å². The van der Waals surface area contributed by atoms with Crippen LogP contribution in [0.25, 0.3) is 0 Å². The Morgan fingerprint density at radius 3 is 2.65 bits per heavy atom. The van der Waals surface area contributed by atoms with E-state index in [9.17, 15) is 9.90 Å². The zero-order chi connectivity index (χ0) is 11.9. The molecule has 0 aliphatic heterocycles. The predicted octanol–water partition coefficient (Wildman–Crippen LogP) is 3.15. The maximum absolute atomic E-state index is 11.5. The van der Waals surface area contributed by atoms with Crippen LogP contribution in [0.2, 0.25) is 0 Å². The Labute approximate surface area is 102 Å². The number of benzene rings is 1. The van der Waals surface area contributed by atoms with Gasteiger partial charge in [-0.2, -0.15) is 0 Å². The Bertz CT molecular complexity index is 444. The molecule has 0 bridgehead atoms. The van der Waals surface area contributed by atoms with Crippen LogP contribution in [0.4, 0.5) is 0 Å². The summed E-state index contributed by atoms with van der Waals surface area (Å²) in [5.41, 5.74) is 2.66. The molecular formula is C15H18O2. The van der Waals surface area contributed by atoms with Crippen molar-refractivity contribution >= 4 is 5.97 Å². The van der Waals surface area contributed by atoms with E-state index in [1.165, 1.54) is 24.0 Å². The van der Waals surface area contributed by atoms with Crippen molar-refractivity contribution in [1.29, 1.82) is 0 Å². The monoisotopic (exact) mass is 230 g/mol. The van der Waals surface area contributed by atoms with Crippen LogP contribution in [-0.4, -0.2) is 11.1 Å². The summed E-state index contributed by atoms with van der Waals surface area (Å²) in [6.45, 7) is 0. The van der Waals surface area contributed by atoms with Crippen molar-refractivity contribution in [2.24, 2.45) is 5.92 Å². The lowest BCUT2D eigenvalue weighted by Crippen LogP contribution is -2.41. The standard InChI is InChI=1S/C15H18O2/c16-14(17)13-8-7-11-5-1-2-6-12(11)15(13)9-3-4-10-15/h1-2,5-6,13H,3-4,7-10H2,(H,16,17). The highest BCUT2D eigenvalue weighted by Crippen LogP contribution is 2.52. The number of fused-ring (bicyclic) bond motifs is 2. The average molecular weight is 230 g/mol. The lowest BCUT2D eigenvalue weighted by Gasteiger charge is -2.41. The molecule has 90 valence electrons. The van der Waals surface area contributed by atoms with Crippen LogP contribution in [-0.2, 0) is 16.6 Å². The van der Waals surface area contributed by atoms with Gasteiger partial charge in [0.15, 0.2) is 0 Å². The fourth-order valence-electron chi connectivity index (χ4n) is 3.97. The molecule has 1 unspecified atom stereocenters. The Morgan fingerprint density at radius 2 is 1.94 bits per heavy atom. The Kier molecular flexibility index (Phi) is 2.46. The summed E-state index contributed by atoms with van der Waals surface area (Å²) in [7, 11) is 0. The molecule has 0 saturated heterocycles. The summed E-state index contributed by atoms with van der Waals surface area (Å²) in [5.74, 6) is -0.763. The molecule has 2 nitrogen and oxygen atoms in total. The van der Waals surface area contributed by atoms with Gasteiger partial charge in [0.2, 0.25) is 0 Å². The number of hydrogen-bond acceptors (Lipinski definition) is 1. The smallest absolute Gasteiger partial charge is 0.307 e. The highest BCUT2D eigenvalue weighted by atomic mass is 16.4. The molecule has 2 aliphatic rings. The van der Waals surface area contributed by atoms with Crippen molar-refractivity contribution in [3.8, 4) is 0 Å². The topological polar surface area (TPSA) is 37.3 Å². The molecule has 1 saturated carbocycles. The number of carboxylic acids is 1. The maximum atomic E-state index is 11.5. The second kappa shape index (κ2) is 3.86. The van der Waals surface area contributed by atoms with Crippen molar-refractivity contribution in [2.45, 2.75) is 43.9 Å². The number of carboxylic acid groups (broad SMARTS) is 1. The Hall–Kier alpha value is -1.31. The lowest BCUT2D eigenvalue weighted by atomic mass is 9.62. The van der Waals surface area contributed by atoms with Gasteiger partial charge in [-0.05, 0) is 36.8 Å². The summed E-state index contributed by atoms with van der Waals surface area (Å²) in [6.07, 6.45) is 6.21. The first-order valence-electron chi connectivity index (χ1n) is 6.55. The largest absolute Gasteiger partial charge is 0.481 e. The van der Waals surface area contributed by atoms with Crippen LogP contribution in [0.3, 0.4) is 0 Å². The molecule has 2 aliphatic carbocycles. The third kappa shape index (κ3) is 1.50. The molecule has 17 heavy (non-hydrogen) atoms. The molecule has 1 atom stereocenters. The summed E-state index contributed by atoms with van der Waals surface area (Å²) in [6, 6.07) is 8.47. The molecule has 1 fully saturated rings. The van der Waals surface area contributed by atoms with E-state index in [2.05, 4.69) is 24.3 Å². The van der Waals surface area contributed by atoms with E-state index in [1.54, 1.807) is 0 Å². The van der Waals surface area contributed by atoms with Crippen LogP contribution < -0.4 is 0 Å². The first kappa shape index (κ1) is 10.8. The fraction of sp³-hybridized carbons (Fsp3) is 0.533. The third-order valence-electron chi connectivity index (χ3n) is 4.72. The number of hydrogen-bond donors (Lipinski definition) is 1. The van der Waals surface area contributed by atoms with E-state index < -0.39 is 5.97 Å². The van der Waals surface area contributed by atoms with Crippen LogP contribution >= 0.6 is 0 Å². The number of aryl methyl sites for hydroxylation is 1. The van der Waals surface area contributed by atoms with Crippen LogP contribution in [0.1, 0.15) is 43.2 Å². The highest BCUT2D eigenvalue weighted by molar-refractivity contribution is 5.73. The van der Waals surface area contributed by atoms with E-state index in [-0.39, 0.29) is 11.3 Å². The predicted molar refractivity (Wildman–Crippen MR) is 66.0 cm³/mol. The quantitative estimate of drug-likeness (QED) is 0.804. The first-order chi connectivity index (χ1) is 8.24. The summed E-state index contributed by atoms with van der Waals surface area (Å²) in [5, 5.41) is 9.49. The maximum Gasteiger partial charge on any atom is 0.307 e. The Balaban J connectivity index is 2.13. The van der Waals surface area contributed by atoms with Gasteiger partial charge < -0.3 is 5.11 Å². The van der Waals surface area contributed by atoms with E-state index in [1.807, 2.05) is 0 Å². The second-order valence-corrected chi connectivity index (χ2v) is 5.45. The second-order valence-electron chi connectivity index (χ2n) is 5.45. The van der Waals surface area contributed by atoms with Crippen molar-refractivity contribution in [1.82, 2.24) is 0 Å². The van der Waals surface area contributed by atoms with E-state index >= 15 is 0 Å². The zero-order valence-corrected chi connectivity index (χ0v) is 9.98. The van der Waals surface area contributed by atoms with E-state index in [4.69, 9.17) is 0 Å². The molecule has 1 aromatic rings. The van der Waals surface area contributed by atoms with Gasteiger partial charge in [0.1, 0.15) is 0 Å². The molecule has 1 N–H and O–H groups in total. The summed E-state index contributed by atoms with van der Waals surface area (Å²) in [4.78, 5) is 11.5. The average Bonchev–Trinajstić information content (AvgIpc) is 2.79. The first-order valence-corrected chi connectivity index (χ1v) is 6.55. The van der Waals surface area contributed by atoms with Gasteiger partial charge in [0.25, 0.3) is 0 Å². The normalized spacial score (nSPS) is 25.8. The van der Waals surface area contributed by atoms with Crippen molar-refractivity contribution < 1.29 is 9.90 Å². The van der Waals surface area contributed by atoms with Gasteiger partial charge >= 0.3 is 5.97 Å². The van der Waals surface area contributed by atoms with Gasteiger partial charge in [-0.15, -0.1) is 0 Å². The molecule has 0 heterocycles. The molecule has 1 spiro atoms. The minimum absolute atomic E-state index is 0.0549. The summed E-state index contributed by atoms with van der Waals surface area (Å²) >= 11 is 0. The Morgan fingerprint density at radius 1 is 1.24 bits per heavy atom. The van der Waals surface area contributed by atoms with Crippen LogP contribution in [0, 0.1) is 5.92 Å². The van der Waals surface area contributed by atoms with Gasteiger partial charge in [-0.3, -0.25) is 4.79 Å². The lowest BCUT2D eigenvalue weighted by molar-refractivity contribution is -0.145. The number of rotatable bonds is 1. The SMILES string of the molecule is O=C(O)C1CCc2ccccc2C12CCCC2. The van der Waals surface area contributed by atoms with Crippen molar-refractivity contribution in [3.63, 3.8) is 0 Å². The molecule has 3 rings (SSSR count). The minimum atomic E-state index is -0.596. The number of aliphatic carboxylic acids is 1.